The summed E-state index contributed by atoms with van der Waals surface area (Å²) in [5.74, 6) is 0. The highest BCUT2D eigenvalue weighted by Crippen LogP contribution is 2.34. The Morgan fingerprint density at radius 1 is 0.731 bits per heavy atom. The maximum atomic E-state index is 6.15. The number of hydrogen-bond acceptors (Lipinski definition) is 4. The van der Waals surface area contributed by atoms with Crippen molar-refractivity contribution in [3.63, 3.8) is 0 Å². The van der Waals surface area contributed by atoms with Crippen molar-refractivity contribution in [3.05, 3.63) is 0 Å². The molecule has 4 nitrogen and oxygen atoms in total. The first-order valence-corrected chi connectivity index (χ1v) is 13.6. The normalized spacial score (nSPS) is 15.2. The van der Waals surface area contributed by atoms with Gasteiger partial charge in [0.1, 0.15) is 0 Å². The van der Waals surface area contributed by atoms with Gasteiger partial charge in [-0.3, -0.25) is 0 Å². The van der Waals surface area contributed by atoms with Crippen LogP contribution in [0.15, 0.2) is 0 Å². The number of nitrogens with zero attached hydrogens (tertiary/aromatic N) is 3. The van der Waals surface area contributed by atoms with Gasteiger partial charge < -0.3 is 19.1 Å². The molecule has 0 bridgehead atoms. The topological polar surface area (TPSA) is 19.0 Å². The molecule has 26 heavy (non-hydrogen) atoms. The molecule has 0 saturated carbocycles. The average molecular weight is 388 g/mol. The van der Waals surface area contributed by atoms with E-state index in [-0.39, 0.29) is 5.41 Å². The fourth-order valence-corrected chi connectivity index (χ4v) is 7.16. The summed E-state index contributed by atoms with van der Waals surface area (Å²) in [5, 5.41) is 0. The maximum Gasteiger partial charge on any atom is 0.189 e. The van der Waals surface area contributed by atoms with Crippen LogP contribution in [-0.4, -0.2) is 90.5 Å². The van der Waals surface area contributed by atoms with Crippen molar-refractivity contribution in [1.29, 1.82) is 0 Å². The Kier molecular flexibility index (Phi) is 13.3. The van der Waals surface area contributed by atoms with Crippen LogP contribution in [0.1, 0.15) is 47.0 Å². The van der Waals surface area contributed by atoms with E-state index >= 15 is 0 Å². The summed E-state index contributed by atoms with van der Waals surface area (Å²) in [7, 11) is 7.17. The fourth-order valence-electron chi connectivity index (χ4n) is 4.55. The van der Waals surface area contributed by atoms with Crippen LogP contribution in [0.3, 0.4) is 0 Å². The zero-order chi connectivity index (χ0) is 20.2. The first kappa shape index (κ1) is 26.1. The van der Waals surface area contributed by atoms with E-state index in [0.29, 0.717) is 0 Å². The first-order chi connectivity index (χ1) is 12.2. The van der Waals surface area contributed by atoms with E-state index in [0.717, 1.165) is 19.6 Å². The monoisotopic (exact) mass is 387 g/mol. The molecule has 0 heterocycles. The number of rotatable bonds is 16. The van der Waals surface area contributed by atoms with Crippen molar-refractivity contribution in [1.82, 2.24) is 14.7 Å². The van der Waals surface area contributed by atoms with E-state index in [2.05, 4.69) is 70.1 Å². The standard InChI is InChI=1S/C21H49N3OSi/c1-10-14-22(5)17-21(18-23(6)15-11-2,19-24(7)16-12-3)20-26(9,13-4)25-8/h10-20H2,1-9H3. The summed E-state index contributed by atoms with van der Waals surface area (Å²) >= 11 is 0. The first-order valence-electron chi connectivity index (χ1n) is 10.8. The molecule has 0 aromatic heterocycles. The largest absolute Gasteiger partial charge is 0.420 e. The van der Waals surface area contributed by atoms with Crippen molar-refractivity contribution in [2.24, 2.45) is 5.41 Å². The van der Waals surface area contributed by atoms with Gasteiger partial charge in [0.2, 0.25) is 0 Å². The lowest BCUT2D eigenvalue weighted by molar-refractivity contribution is 0.0893. The molecule has 158 valence electrons. The Bertz CT molecular complexity index is 314. The summed E-state index contributed by atoms with van der Waals surface area (Å²) in [4.78, 5) is 7.67. The summed E-state index contributed by atoms with van der Waals surface area (Å²) in [6.07, 6.45) is 3.65. The van der Waals surface area contributed by atoms with Gasteiger partial charge in [0, 0.05) is 32.2 Å². The lowest BCUT2D eigenvalue weighted by atomic mass is 9.87. The average Bonchev–Trinajstić information content (AvgIpc) is 2.54. The molecule has 0 amide bonds. The molecule has 0 aliphatic carbocycles. The Balaban J connectivity index is 5.69. The van der Waals surface area contributed by atoms with E-state index in [1.54, 1.807) is 0 Å². The van der Waals surface area contributed by atoms with Crippen LogP contribution >= 0.6 is 0 Å². The zero-order valence-electron chi connectivity index (χ0n) is 19.5. The van der Waals surface area contributed by atoms with Crippen molar-refractivity contribution < 1.29 is 4.43 Å². The lowest BCUT2D eigenvalue weighted by Gasteiger charge is -2.46. The van der Waals surface area contributed by atoms with Gasteiger partial charge >= 0.3 is 0 Å². The molecule has 0 aliphatic rings. The Hall–Kier alpha value is 0.0569. The third-order valence-corrected chi connectivity index (χ3v) is 9.60. The zero-order valence-corrected chi connectivity index (χ0v) is 20.5. The van der Waals surface area contributed by atoms with Gasteiger partial charge in [-0.2, -0.15) is 0 Å². The van der Waals surface area contributed by atoms with Crippen LogP contribution in [0.5, 0.6) is 0 Å². The van der Waals surface area contributed by atoms with Gasteiger partial charge in [-0.15, -0.1) is 0 Å². The molecule has 0 aromatic rings. The van der Waals surface area contributed by atoms with Crippen LogP contribution in [0.2, 0.25) is 18.6 Å². The van der Waals surface area contributed by atoms with Crippen molar-refractivity contribution in [3.8, 4) is 0 Å². The predicted molar refractivity (Wildman–Crippen MR) is 120 cm³/mol. The molecule has 0 spiro atoms. The molecule has 0 aliphatic heterocycles. The summed E-state index contributed by atoms with van der Waals surface area (Å²) in [6, 6.07) is 2.43. The minimum Gasteiger partial charge on any atom is -0.420 e. The second-order valence-electron chi connectivity index (χ2n) is 8.90. The highest BCUT2D eigenvalue weighted by molar-refractivity contribution is 6.72. The highest BCUT2D eigenvalue weighted by Gasteiger charge is 2.42. The number of hydrogen-bond donors (Lipinski definition) is 0. The van der Waals surface area contributed by atoms with Crippen LogP contribution in [0.4, 0.5) is 0 Å². The summed E-state index contributed by atoms with van der Waals surface area (Å²) in [5.41, 5.74) is 0.269. The predicted octanol–water partition coefficient (Wildman–Crippen LogP) is 4.24. The molecular formula is C21H49N3OSi. The smallest absolute Gasteiger partial charge is 0.189 e. The van der Waals surface area contributed by atoms with Crippen LogP contribution in [0.25, 0.3) is 0 Å². The Morgan fingerprint density at radius 3 is 1.31 bits per heavy atom. The molecule has 0 radical (unpaired) electrons. The molecule has 0 aromatic carbocycles. The second kappa shape index (κ2) is 13.3. The minimum atomic E-state index is -1.68. The van der Waals surface area contributed by atoms with Gasteiger partial charge in [-0.05, 0) is 78.7 Å². The quantitative estimate of drug-likeness (QED) is 0.369. The molecule has 1 unspecified atom stereocenters. The fraction of sp³-hybridized carbons (Fsp3) is 1.00. The SMILES string of the molecule is CCCN(C)CC(CN(C)CCC)(CN(C)CCC)C[Si](C)(CC)OC. The molecule has 0 fully saturated rings. The van der Waals surface area contributed by atoms with Crippen LogP contribution in [0, 0.1) is 5.41 Å². The van der Waals surface area contributed by atoms with E-state index in [1.807, 2.05) is 7.11 Å². The van der Waals surface area contributed by atoms with Gasteiger partial charge in [0.15, 0.2) is 8.32 Å². The van der Waals surface area contributed by atoms with Crippen molar-refractivity contribution >= 4 is 8.32 Å². The molecule has 5 heteroatoms. The summed E-state index contributed by atoms with van der Waals surface area (Å²) in [6.45, 7) is 18.6. The molecular weight excluding hydrogens is 338 g/mol. The van der Waals surface area contributed by atoms with Gasteiger partial charge in [-0.1, -0.05) is 27.7 Å². The Labute approximate surface area is 166 Å². The highest BCUT2D eigenvalue weighted by atomic mass is 28.4. The van der Waals surface area contributed by atoms with E-state index < -0.39 is 8.32 Å². The van der Waals surface area contributed by atoms with Gasteiger partial charge in [-0.25, -0.2) is 0 Å². The maximum absolute atomic E-state index is 6.15. The molecule has 1 atom stereocenters. The molecule has 0 saturated heterocycles. The minimum absolute atomic E-state index is 0.269. The molecule has 0 N–H and O–H groups in total. The lowest BCUT2D eigenvalue weighted by Crippen LogP contribution is -2.54. The van der Waals surface area contributed by atoms with E-state index in [4.69, 9.17) is 4.43 Å². The van der Waals surface area contributed by atoms with Crippen molar-refractivity contribution in [2.75, 3.05) is 67.5 Å². The van der Waals surface area contributed by atoms with E-state index in [9.17, 15) is 0 Å². The second-order valence-corrected chi connectivity index (χ2v) is 13.3. The van der Waals surface area contributed by atoms with Gasteiger partial charge in [0.25, 0.3) is 0 Å². The van der Waals surface area contributed by atoms with Crippen molar-refractivity contribution in [2.45, 2.75) is 65.6 Å². The molecule has 0 rings (SSSR count). The van der Waals surface area contributed by atoms with Crippen LogP contribution in [-0.2, 0) is 4.43 Å². The third-order valence-electron chi connectivity index (χ3n) is 5.62. The van der Waals surface area contributed by atoms with Gasteiger partial charge in [0.05, 0.1) is 0 Å². The Morgan fingerprint density at radius 2 is 1.08 bits per heavy atom. The third kappa shape index (κ3) is 9.84. The van der Waals surface area contributed by atoms with E-state index in [1.165, 1.54) is 51.0 Å². The summed E-state index contributed by atoms with van der Waals surface area (Å²) < 4.78 is 6.15. The van der Waals surface area contributed by atoms with Crippen LogP contribution < -0.4 is 0 Å².